The van der Waals surface area contributed by atoms with Crippen LogP contribution in [-0.4, -0.2) is 85.7 Å². The van der Waals surface area contributed by atoms with Crippen LogP contribution in [0.4, 0.5) is 5.69 Å². The Morgan fingerprint density at radius 2 is 1.29 bits per heavy atom. The molecule has 7 amide bonds. The number of hydrogen-bond acceptors (Lipinski definition) is 10. The lowest BCUT2D eigenvalue weighted by atomic mass is 10.0. The summed E-state index contributed by atoms with van der Waals surface area (Å²) in [6.07, 6.45) is 3.08. The largest absolute Gasteiger partial charge is 0.423 e. The smallest absolute Gasteiger partial charge is 0.336 e. The number of benzene rings is 1. The van der Waals surface area contributed by atoms with E-state index < -0.39 is 72.3 Å². The zero-order chi connectivity index (χ0) is 38.6. The molecule has 3 atom stereocenters. The van der Waals surface area contributed by atoms with Gasteiger partial charge >= 0.3 is 5.63 Å². The number of carbonyl (C=O) groups is 7. The third-order valence-corrected chi connectivity index (χ3v) is 7.68. The van der Waals surface area contributed by atoms with E-state index in [1.54, 1.807) is 18.2 Å². The third kappa shape index (κ3) is 16.6. The van der Waals surface area contributed by atoms with Crippen molar-refractivity contribution in [2.45, 2.75) is 90.8 Å². The first kappa shape index (κ1) is 42.8. The van der Waals surface area contributed by atoms with Gasteiger partial charge in [0.15, 0.2) is 0 Å². The van der Waals surface area contributed by atoms with Crippen molar-refractivity contribution < 1.29 is 38.0 Å². The highest BCUT2D eigenvalue weighted by atomic mass is 16.4. The standard InChI is InChI=1S/C35H52N8O9/c1-21(2)17-28(43-31(47)20-38-33(49)26(40-23(4)45)9-5-7-15-36)34(50)39-19-30(46)42-27(10-6-8-16-37-22(3)44)35(51)41-25-12-13-29-24(18-25)11-14-32(48)52-29/h11-14,18,21,26-28H,5-10,15-17,19-20,36H2,1-4H3,(H,37,44)(H,38,49)(H,39,50)(H,40,45)(H,41,51)(H,42,46)(H,43,47)/t26-,27-,28-/m0/s1. The molecule has 1 aromatic carbocycles. The van der Waals surface area contributed by atoms with E-state index >= 15 is 0 Å². The second-order valence-electron chi connectivity index (χ2n) is 12.8. The van der Waals surface area contributed by atoms with Crippen molar-refractivity contribution in [1.82, 2.24) is 31.9 Å². The van der Waals surface area contributed by atoms with Crippen LogP contribution in [0.5, 0.6) is 0 Å². The fourth-order valence-electron chi connectivity index (χ4n) is 5.17. The molecular weight excluding hydrogens is 676 g/mol. The van der Waals surface area contributed by atoms with E-state index in [2.05, 4.69) is 37.2 Å². The second-order valence-corrected chi connectivity index (χ2v) is 12.8. The van der Waals surface area contributed by atoms with E-state index in [1.165, 1.54) is 26.0 Å². The molecule has 0 saturated heterocycles. The Hall–Kier alpha value is -5.32. The summed E-state index contributed by atoms with van der Waals surface area (Å²) < 4.78 is 5.13. The summed E-state index contributed by atoms with van der Waals surface area (Å²) in [6.45, 7) is 6.26. The van der Waals surface area contributed by atoms with Crippen molar-refractivity contribution in [2.75, 3.05) is 31.5 Å². The third-order valence-electron chi connectivity index (χ3n) is 7.68. The lowest BCUT2D eigenvalue weighted by Crippen LogP contribution is -2.53. The fourth-order valence-corrected chi connectivity index (χ4v) is 5.17. The molecule has 286 valence electrons. The molecule has 0 aliphatic carbocycles. The average molecular weight is 729 g/mol. The van der Waals surface area contributed by atoms with Crippen LogP contribution in [0.25, 0.3) is 11.0 Å². The van der Waals surface area contributed by atoms with Crippen molar-refractivity contribution in [1.29, 1.82) is 0 Å². The Morgan fingerprint density at radius 3 is 1.88 bits per heavy atom. The number of carbonyl (C=O) groups excluding carboxylic acids is 7. The molecule has 0 radical (unpaired) electrons. The number of unbranched alkanes of at least 4 members (excludes halogenated alkanes) is 2. The van der Waals surface area contributed by atoms with Gasteiger partial charge in [-0.3, -0.25) is 33.6 Å². The summed E-state index contributed by atoms with van der Waals surface area (Å²) in [6, 6.07) is 4.65. The minimum atomic E-state index is -1.03. The molecule has 0 bridgehead atoms. The SMILES string of the molecule is CC(=O)NCCCC[C@H](NC(=O)CNC(=O)[C@H](CC(C)C)NC(=O)CNC(=O)[C@H](CCCCN)NC(C)=O)C(=O)Nc1ccc2oc(=O)ccc2c1. The zero-order valence-electron chi connectivity index (χ0n) is 30.2. The number of hydrogen-bond donors (Lipinski definition) is 8. The van der Waals surface area contributed by atoms with Gasteiger partial charge in [0.25, 0.3) is 0 Å². The minimum absolute atomic E-state index is 0.0251. The summed E-state index contributed by atoms with van der Waals surface area (Å²) in [4.78, 5) is 99.1. The maximum absolute atomic E-state index is 13.3. The van der Waals surface area contributed by atoms with Crippen LogP contribution >= 0.6 is 0 Å². The molecule has 52 heavy (non-hydrogen) atoms. The molecule has 0 aliphatic rings. The van der Waals surface area contributed by atoms with E-state index in [-0.39, 0.29) is 24.7 Å². The Labute approximate surface area is 302 Å². The maximum Gasteiger partial charge on any atom is 0.336 e. The van der Waals surface area contributed by atoms with Gasteiger partial charge < -0.3 is 47.4 Å². The first-order valence-electron chi connectivity index (χ1n) is 17.4. The maximum atomic E-state index is 13.3. The van der Waals surface area contributed by atoms with Gasteiger partial charge in [0.05, 0.1) is 13.1 Å². The van der Waals surface area contributed by atoms with Gasteiger partial charge in [0.2, 0.25) is 41.4 Å². The lowest BCUT2D eigenvalue weighted by molar-refractivity contribution is -0.132. The quantitative estimate of drug-likeness (QED) is 0.0591. The van der Waals surface area contributed by atoms with Crippen LogP contribution in [-0.2, 0) is 33.6 Å². The highest BCUT2D eigenvalue weighted by molar-refractivity contribution is 5.99. The molecule has 1 aromatic heterocycles. The van der Waals surface area contributed by atoms with Gasteiger partial charge in [-0.25, -0.2) is 4.79 Å². The summed E-state index contributed by atoms with van der Waals surface area (Å²) in [5.41, 5.74) is 5.74. The van der Waals surface area contributed by atoms with Crippen molar-refractivity contribution in [3.05, 3.63) is 40.8 Å². The predicted octanol–water partition coefficient (Wildman–Crippen LogP) is -0.0803. The second kappa shape index (κ2) is 22.5. The van der Waals surface area contributed by atoms with Crippen LogP contribution in [0, 0.1) is 5.92 Å². The monoisotopic (exact) mass is 728 g/mol. The number of anilines is 1. The molecule has 1 heterocycles. The molecule has 17 heteroatoms. The molecule has 0 unspecified atom stereocenters. The van der Waals surface area contributed by atoms with Crippen molar-refractivity contribution in [2.24, 2.45) is 11.7 Å². The topological polar surface area (TPSA) is 260 Å². The van der Waals surface area contributed by atoms with E-state index in [0.717, 1.165) is 0 Å². The Bertz CT molecular complexity index is 1610. The fraction of sp³-hybridized carbons (Fsp3) is 0.543. The molecule has 2 aromatic rings. The lowest BCUT2D eigenvalue weighted by Gasteiger charge is -2.22. The number of amides is 7. The summed E-state index contributed by atoms with van der Waals surface area (Å²) in [7, 11) is 0. The first-order valence-corrected chi connectivity index (χ1v) is 17.4. The van der Waals surface area contributed by atoms with Crippen LogP contribution in [0.1, 0.15) is 72.6 Å². The summed E-state index contributed by atoms with van der Waals surface area (Å²) in [5, 5.41) is 18.8. The molecule has 2 rings (SSSR count). The van der Waals surface area contributed by atoms with E-state index in [0.29, 0.717) is 61.9 Å². The predicted molar refractivity (Wildman–Crippen MR) is 193 cm³/mol. The van der Waals surface area contributed by atoms with E-state index in [9.17, 15) is 38.4 Å². The van der Waals surface area contributed by atoms with Crippen LogP contribution < -0.4 is 48.6 Å². The van der Waals surface area contributed by atoms with Crippen molar-refractivity contribution in [3.63, 3.8) is 0 Å². The molecule has 17 nitrogen and oxygen atoms in total. The Balaban J connectivity index is 2.01. The minimum Gasteiger partial charge on any atom is -0.423 e. The van der Waals surface area contributed by atoms with Crippen LogP contribution in [0.15, 0.2) is 39.5 Å². The van der Waals surface area contributed by atoms with Crippen LogP contribution in [0.2, 0.25) is 0 Å². The molecular formula is C35H52N8O9. The number of nitrogens with one attached hydrogen (secondary N) is 7. The molecule has 0 fully saturated rings. The van der Waals surface area contributed by atoms with Crippen LogP contribution in [0.3, 0.4) is 0 Å². The van der Waals surface area contributed by atoms with E-state index in [1.807, 2.05) is 13.8 Å². The first-order chi connectivity index (χ1) is 24.7. The van der Waals surface area contributed by atoms with Gasteiger partial charge in [-0.2, -0.15) is 0 Å². The van der Waals surface area contributed by atoms with Gasteiger partial charge in [0.1, 0.15) is 23.7 Å². The van der Waals surface area contributed by atoms with E-state index in [4.69, 9.17) is 10.2 Å². The number of nitrogens with two attached hydrogens (primary N) is 1. The van der Waals surface area contributed by atoms with Gasteiger partial charge in [-0.05, 0) is 81.7 Å². The normalized spacial score (nSPS) is 12.6. The summed E-state index contributed by atoms with van der Waals surface area (Å²) in [5.74, 6) is -3.62. The highest BCUT2D eigenvalue weighted by Gasteiger charge is 2.26. The molecule has 9 N–H and O–H groups in total. The van der Waals surface area contributed by atoms with Crippen molar-refractivity contribution in [3.8, 4) is 0 Å². The Morgan fingerprint density at radius 1 is 0.692 bits per heavy atom. The molecule has 0 saturated carbocycles. The Kier molecular flexibility index (Phi) is 18.5. The molecule has 0 spiro atoms. The zero-order valence-corrected chi connectivity index (χ0v) is 30.2. The van der Waals surface area contributed by atoms with Crippen molar-refractivity contribution >= 4 is 58.0 Å². The number of fused-ring (bicyclic) bond motifs is 1. The van der Waals surface area contributed by atoms with Gasteiger partial charge in [-0.1, -0.05) is 13.8 Å². The molecule has 0 aliphatic heterocycles. The highest BCUT2D eigenvalue weighted by Crippen LogP contribution is 2.18. The van der Waals surface area contributed by atoms with Gasteiger partial charge in [-0.15, -0.1) is 0 Å². The summed E-state index contributed by atoms with van der Waals surface area (Å²) >= 11 is 0. The van der Waals surface area contributed by atoms with Gasteiger partial charge in [0, 0.05) is 37.5 Å². The number of rotatable bonds is 22. The average Bonchev–Trinajstić information content (AvgIpc) is 3.07.